The van der Waals surface area contributed by atoms with Crippen LogP contribution in [0.3, 0.4) is 0 Å². The minimum atomic E-state index is -0.189. The smallest absolute Gasteiger partial charge is 0.258 e. The number of aromatic amines is 1. The van der Waals surface area contributed by atoms with E-state index in [0.29, 0.717) is 28.2 Å². The first-order valence-corrected chi connectivity index (χ1v) is 9.65. The molecule has 3 rings (SSSR count). The maximum atomic E-state index is 13.1. The highest BCUT2D eigenvalue weighted by Gasteiger charge is 2.19. The molecular weight excluding hydrogens is 350 g/mol. The van der Waals surface area contributed by atoms with Crippen LogP contribution in [0.1, 0.15) is 66.8 Å². The van der Waals surface area contributed by atoms with Crippen molar-refractivity contribution in [3.63, 3.8) is 0 Å². The number of hydrogen-bond acceptors (Lipinski definition) is 3. The number of carbonyl (C=O) groups excluding carboxylic acids is 1. The van der Waals surface area contributed by atoms with E-state index in [1.165, 1.54) is 5.56 Å². The van der Waals surface area contributed by atoms with Gasteiger partial charge in [-0.25, -0.2) is 4.98 Å². The Balaban J connectivity index is 1.90. The molecular formula is C23H27N3O2. The zero-order valence-electron chi connectivity index (χ0n) is 17.1. The fourth-order valence-corrected chi connectivity index (χ4v) is 3.32. The molecule has 0 unspecified atom stereocenters. The molecule has 3 aromatic rings. The van der Waals surface area contributed by atoms with Crippen LogP contribution in [-0.2, 0) is 6.54 Å². The second kappa shape index (κ2) is 7.97. The number of carbonyl (C=O) groups is 1. The first-order chi connectivity index (χ1) is 13.3. The third-order valence-electron chi connectivity index (χ3n) is 4.99. The number of aromatic nitrogens is 2. The molecule has 1 amide bonds. The van der Waals surface area contributed by atoms with Gasteiger partial charge in [-0.05, 0) is 41.2 Å². The molecule has 0 aliphatic rings. The Bertz CT molecular complexity index is 1070. The lowest BCUT2D eigenvalue weighted by Gasteiger charge is -2.21. The van der Waals surface area contributed by atoms with E-state index in [0.717, 1.165) is 5.56 Å². The standard InChI is InChI=1S/C23H27N3O2/c1-14(2)16-10-11-17(19(12-16)15(3)4)23(28)26(5)13-21-24-20-9-7-6-8-18(20)22(27)25-21/h6-12,14-15H,13H2,1-5H3,(H,24,25,27). The van der Waals surface area contributed by atoms with Crippen molar-refractivity contribution >= 4 is 16.8 Å². The van der Waals surface area contributed by atoms with Gasteiger partial charge in [0, 0.05) is 12.6 Å². The Hall–Kier alpha value is -2.95. The van der Waals surface area contributed by atoms with E-state index in [-0.39, 0.29) is 23.9 Å². The average molecular weight is 377 g/mol. The second-order valence-electron chi connectivity index (χ2n) is 7.85. The molecule has 0 bridgehead atoms. The fourth-order valence-electron chi connectivity index (χ4n) is 3.32. The van der Waals surface area contributed by atoms with Gasteiger partial charge in [-0.15, -0.1) is 0 Å². The molecule has 0 saturated heterocycles. The topological polar surface area (TPSA) is 66.1 Å². The lowest BCUT2D eigenvalue weighted by Crippen LogP contribution is -2.29. The van der Waals surface area contributed by atoms with Crippen LogP contribution in [0, 0.1) is 0 Å². The van der Waals surface area contributed by atoms with Crippen LogP contribution in [0.4, 0.5) is 0 Å². The van der Waals surface area contributed by atoms with Crippen LogP contribution < -0.4 is 5.56 Å². The van der Waals surface area contributed by atoms with Crippen LogP contribution in [0.2, 0.25) is 0 Å². The van der Waals surface area contributed by atoms with Crippen molar-refractivity contribution in [2.24, 2.45) is 0 Å². The third kappa shape index (κ3) is 3.98. The van der Waals surface area contributed by atoms with Crippen molar-refractivity contribution in [2.75, 3.05) is 7.05 Å². The Morgan fingerprint density at radius 3 is 2.46 bits per heavy atom. The molecule has 0 spiro atoms. The fraction of sp³-hybridized carbons (Fsp3) is 0.348. The largest absolute Gasteiger partial charge is 0.334 e. The number of rotatable bonds is 5. The van der Waals surface area contributed by atoms with E-state index in [1.54, 1.807) is 24.1 Å². The molecule has 1 heterocycles. The van der Waals surface area contributed by atoms with E-state index in [4.69, 9.17) is 0 Å². The molecule has 146 valence electrons. The van der Waals surface area contributed by atoms with Gasteiger partial charge in [-0.3, -0.25) is 9.59 Å². The van der Waals surface area contributed by atoms with Crippen molar-refractivity contribution in [1.82, 2.24) is 14.9 Å². The van der Waals surface area contributed by atoms with Crippen molar-refractivity contribution in [3.8, 4) is 0 Å². The maximum absolute atomic E-state index is 13.1. The second-order valence-corrected chi connectivity index (χ2v) is 7.85. The molecule has 2 aromatic carbocycles. The first kappa shape index (κ1) is 19.8. The summed E-state index contributed by atoms with van der Waals surface area (Å²) in [5.74, 6) is 1.05. The average Bonchev–Trinajstić information content (AvgIpc) is 2.66. The van der Waals surface area contributed by atoms with E-state index in [1.807, 2.05) is 24.3 Å². The van der Waals surface area contributed by atoms with Crippen LogP contribution >= 0.6 is 0 Å². The summed E-state index contributed by atoms with van der Waals surface area (Å²) in [4.78, 5) is 34.3. The van der Waals surface area contributed by atoms with Crippen LogP contribution in [0.25, 0.3) is 10.9 Å². The van der Waals surface area contributed by atoms with Gasteiger partial charge in [0.2, 0.25) is 0 Å². The minimum absolute atomic E-state index is 0.0742. The zero-order chi connectivity index (χ0) is 20.4. The first-order valence-electron chi connectivity index (χ1n) is 9.65. The van der Waals surface area contributed by atoms with E-state index < -0.39 is 0 Å². The lowest BCUT2D eigenvalue weighted by molar-refractivity contribution is 0.0780. The Morgan fingerprint density at radius 1 is 1.07 bits per heavy atom. The Labute approximate surface area is 165 Å². The molecule has 1 aromatic heterocycles. The summed E-state index contributed by atoms with van der Waals surface area (Å²) in [7, 11) is 1.73. The molecule has 0 atom stereocenters. The molecule has 5 nitrogen and oxygen atoms in total. The Morgan fingerprint density at radius 2 is 1.79 bits per heavy atom. The number of nitrogens with one attached hydrogen (secondary N) is 1. The van der Waals surface area contributed by atoms with Crippen molar-refractivity contribution in [3.05, 3.63) is 75.3 Å². The summed E-state index contributed by atoms with van der Waals surface area (Å²) in [6.07, 6.45) is 0. The molecule has 0 aliphatic heterocycles. The third-order valence-corrected chi connectivity index (χ3v) is 4.99. The minimum Gasteiger partial charge on any atom is -0.334 e. The highest BCUT2D eigenvalue weighted by Crippen LogP contribution is 2.26. The number of benzene rings is 2. The molecule has 0 fully saturated rings. The highest BCUT2D eigenvalue weighted by atomic mass is 16.2. The summed E-state index contributed by atoms with van der Waals surface area (Å²) >= 11 is 0. The number of nitrogens with zero attached hydrogens (tertiary/aromatic N) is 2. The number of hydrogen-bond donors (Lipinski definition) is 1. The summed E-state index contributed by atoms with van der Waals surface area (Å²) in [5, 5.41) is 0.548. The SMILES string of the molecule is CC(C)c1ccc(C(=O)N(C)Cc2nc3ccccc3c(=O)[nH]2)c(C(C)C)c1. The van der Waals surface area contributed by atoms with Crippen molar-refractivity contribution < 1.29 is 4.79 Å². The molecule has 1 N–H and O–H groups in total. The maximum Gasteiger partial charge on any atom is 0.258 e. The molecule has 0 saturated carbocycles. The molecule has 0 aliphatic carbocycles. The summed E-state index contributed by atoms with van der Waals surface area (Å²) in [5.41, 5.74) is 3.41. The summed E-state index contributed by atoms with van der Waals surface area (Å²) in [6, 6.07) is 13.3. The quantitative estimate of drug-likeness (QED) is 0.715. The molecule has 5 heteroatoms. The predicted molar refractivity (Wildman–Crippen MR) is 113 cm³/mol. The van der Waals surface area contributed by atoms with Crippen LogP contribution in [0.15, 0.2) is 47.3 Å². The summed E-state index contributed by atoms with van der Waals surface area (Å²) < 4.78 is 0. The van der Waals surface area contributed by atoms with Crippen molar-refractivity contribution in [2.45, 2.75) is 46.1 Å². The number of amides is 1. The van der Waals surface area contributed by atoms with E-state index >= 15 is 0 Å². The zero-order valence-corrected chi connectivity index (χ0v) is 17.1. The van der Waals surface area contributed by atoms with E-state index in [9.17, 15) is 9.59 Å². The predicted octanol–water partition coefficient (Wildman–Crippen LogP) is 4.44. The van der Waals surface area contributed by atoms with Gasteiger partial charge in [0.1, 0.15) is 5.82 Å². The van der Waals surface area contributed by atoms with Gasteiger partial charge in [-0.1, -0.05) is 52.0 Å². The lowest BCUT2D eigenvalue weighted by atomic mass is 9.91. The molecule has 28 heavy (non-hydrogen) atoms. The highest BCUT2D eigenvalue weighted by molar-refractivity contribution is 5.95. The van der Waals surface area contributed by atoms with Gasteiger partial charge in [0.15, 0.2) is 0 Å². The summed E-state index contributed by atoms with van der Waals surface area (Å²) in [6.45, 7) is 8.73. The van der Waals surface area contributed by atoms with Crippen LogP contribution in [0.5, 0.6) is 0 Å². The molecule has 0 radical (unpaired) electrons. The van der Waals surface area contributed by atoms with Gasteiger partial charge in [-0.2, -0.15) is 0 Å². The van der Waals surface area contributed by atoms with Gasteiger partial charge in [0.25, 0.3) is 11.5 Å². The normalized spacial score (nSPS) is 11.4. The number of para-hydroxylation sites is 1. The number of fused-ring (bicyclic) bond motifs is 1. The monoisotopic (exact) mass is 377 g/mol. The Kier molecular flexibility index (Phi) is 5.63. The van der Waals surface area contributed by atoms with Gasteiger partial charge < -0.3 is 9.88 Å². The van der Waals surface area contributed by atoms with Gasteiger partial charge >= 0.3 is 0 Å². The number of H-pyrrole nitrogens is 1. The van der Waals surface area contributed by atoms with Crippen molar-refractivity contribution in [1.29, 1.82) is 0 Å². The van der Waals surface area contributed by atoms with Crippen LogP contribution in [-0.4, -0.2) is 27.8 Å². The van der Waals surface area contributed by atoms with E-state index in [2.05, 4.69) is 43.7 Å². The van der Waals surface area contributed by atoms with Gasteiger partial charge in [0.05, 0.1) is 17.4 Å².